The molecule has 1 aliphatic heterocycles. The Bertz CT molecular complexity index is 701. The van der Waals surface area contributed by atoms with Crippen LogP contribution < -0.4 is 5.32 Å². The first-order valence-electron chi connectivity index (χ1n) is 8.49. The fourth-order valence-corrected chi connectivity index (χ4v) is 4.01. The number of thiazole rings is 1. The van der Waals surface area contributed by atoms with Crippen LogP contribution in [0.1, 0.15) is 25.5 Å². The van der Waals surface area contributed by atoms with Gasteiger partial charge in [-0.15, -0.1) is 11.3 Å². The molecule has 1 saturated heterocycles. The summed E-state index contributed by atoms with van der Waals surface area (Å²) in [6, 6.07) is 8.12. The Morgan fingerprint density at radius 1 is 1.20 bits per heavy atom. The fraction of sp³-hybridized carbons (Fsp3) is 0.444. The quantitative estimate of drug-likeness (QED) is 0.865. The second kappa shape index (κ2) is 8.27. The molecule has 25 heavy (non-hydrogen) atoms. The Balaban J connectivity index is 1.54. The first-order chi connectivity index (χ1) is 12.1. The molecule has 7 heteroatoms. The summed E-state index contributed by atoms with van der Waals surface area (Å²) in [6.45, 7) is 7.70. The second-order valence-corrected chi connectivity index (χ2v) is 7.57. The van der Waals surface area contributed by atoms with Crippen molar-refractivity contribution in [2.24, 2.45) is 0 Å². The number of nitrogens with one attached hydrogen (secondary N) is 1. The smallest absolute Gasteiger partial charge is 0.243 e. The first-order valence-corrected chi connectivity index (χ1v) is 9.75. The van der Waals surface area contributed by atoms with Crippen molar-refractivity contribution in [3.63, 3.8) is 0 Å². The zero-order valence-electron chi connectivity index (χ0n) is 14.5. The lowest BCUT2D eigenvalue weighted by atomic mass is 10.1. The molecule has 134 valence electrons. The summed E-state index contributed by atoms with van der Waals surface area (Å²) in [5.74, 6) is 0.00236. The predicted octanol–water partition coefficient (Wildman–Crippen LogP) is 3.50. The topological polar surface area (TPSA) is 48.5 Å². The second-order valence-electron chi connectivity index (χ2n) is 6.27. The van der Waals surface area contributed by atoms with Gasteiger partial charge in [0.25, 0.3) is 0 Å². The minimum Gasteiger partial charge on any atom is -0.301 e. The third kappa shape index (κ3) is 4.39. The van der Waals surface area contributed by atoms with Crippen molar-refractivity contribution in [2.45, 2.75) is 25.9 Å². The molecule has 0 aliphatic carbocycles. The number of nitrogens with zero attached hydrogens (tertiary/aromatic N) is 3. The van der Waals surface area contributed by atoms with E-state index in [0.29, 0.717) is 5.13 Å². The van der Waals surface area contributed by atoms with E-state index in [2.05, 4.69) is 33.1 Å². The highest BCUT2D eigenvalue weighted by Gasteiger charge is 2.28. The van der Waals surface area contributed by atoms with E-state index in [1.54, 1.807) is 6.20 Å². The van der Waals surface area contributed by atoms with Gasteiger partial charge in [0, 0.05) is 48.8 Å². The van der Waals surface area contributed by atoms with Crippen molar-refractivity contribution in [3.05, 3.63) is 46.4 Å². The molecule has 2 heterocycles. The summed E-state index contributed by atoms with van der Waals surface area (Å²) < 4.78 is 0. The van der Waals surface area contributed by atoms with Crippen molar-refractivity contribution in [1.29, 1.82) is 0 Å². The molecular formula is C18H23ClN4OS. The standard InChI is InChI=1S/C18H23ClN4OS/c1-13(15-5-3-4-6-16(15)19)22-8-10-23(11-9-22)14(2)17(24)21-18-20-7-12-25-18/h3-7,12-14H,8-11H2,1-2H3,(H,20,21,24). The Hall–Kier alpha value is -1.47. The third-order valence-electron chi connectivity index (χ3n) is 4.84. The summed E-state index contributed by atoms with van der Waals surface area (Å²) in [5, 5.41) is 6.21. The molecule has 0 saturated carbocycles. The number of piperazine rings is 1. The summed E-state index contributed by atoms with van der Waals surface area (Å²) in [5.41, 5.74) is 1.16. The van der Waals surface area contributed by atoms with Crippen LogP contribution in [0.2, 0.25) is 5.02 Å². The van der Waals surface area contributed by atoms with Crippen molar-refractivity contribution < 1.29 is 4.79 Å². The number of aromatic nitrogens is 1. The highest BCUT2D eigenvalue weighted by Crippen LogP contribution is 2.28. The van der Waals surface area contributed by atoms with Gasteiger partial charge in [0.1, 0.15) is 0 Å². The number of anilines is 1. The normalized spacial score (nSPS) is 18.7. The number of carbonyl (C=O) groups excluding carboxylic acids is 1. The molecule has 0 bridgehead atoms. The van der Waals surface area contributed by atoms with Gasteiger partial charge in [-0.25, -0.2) is 4.98 Å². The van der Waals surface area contributed by atoms with Crippen LogP contribution in [0, 0.1) is 0 Å². The molecule has 1 aromatic carbocycles. The molecule has 2 unspecified atom stereocenters. The number of halogens is 1. The lowest BCUT2D eigenvalue weighted by molar-refractivity contribution is -0.121. The summed E-state index contributed by atoms with van der Waals surface area (Å²) in [7, 11) is 0. The van der Waals surface area contributed by atoms with E-state index in [1.807, 2.05) is 30.5 Å². The molecular weight excluding hydrogens is 356 g/mol. The minimum atomic E-state index is -0.165. The van der Waals surface area contributed by atoms with Gasteiger partial charge in [-0.05, 0) is 25.5 Å². The van der Waals surface area contributed by atoms with Crippen molar-refractivity contribution in [3.8, 4) is 0 Å². The number of carbonyl (C=O) groups is 1. The number of hydrogen-bond donors (Lipinski definition) is 1. The molecule has 3 rings (SSSR count). The van der Waals surface area contributed by atoms with E-state index >= 15 is 0 Å². The van der Waals surface area contributed by atoms with Crippen LogP contribution in [-0.4, -0.2) is 52.9 Å². The molecule has 2 atom stereocenters. The Morgan fingerprint density at radius 3 is 2.52 bits per heavy atom. The average Bonchev–Trinajstić information content (AvgIpc) is 3.14. The highest BCUT2D eigenvalue weighted by molar-refractivity contribution is 7.13. The SMILES string of the molecule is CC(C(=O)Nc1nccs1)N1CCN(C(C)c2ccccc2Cl)CC1. The van der Waals surface area contributed by atoms with Crippen molar-refractivity contribution >= 4 is 34.0 Å². The van der Waals surface area contributed by atoms with Crippen molar-refractivity contribution in [2.75, 3.05) is 31.5 Å². The van der Waals surface area contributed by atoms with E-state index in [0.717, 1.165) is 36.8 Å². The van der Waals surface area contributed by atoms with Gasteiger partial charge in [-0.1, -0.05) is 29.8 Å². The number of rotatable bonds is 5. The van der Waals surface area contributed by atoms with Crippen molar-refractivity contribution in [1.82, 2.24) is 14.8 Å². The van der Waals surface area contributed by atoms with Crippen LogP contribution in [0.25, 0.3) is 0 Å². The van der Waals surface area contributed by atoms with Crippen LogP contribution in [0.5, 0.6) is 0 Å². The molecule has 1 aromatic heterocycles. The summed E-state index contributed by atoms with van der Waals surface area (Å²) in [6.07, 6.45) is 1.69. The third-order valence-corrected chi connectivity index (χ3v) is 5.87. The lowest BCUT2D eigenvalue weighted by Gasteiger charge is -2.40. The Kier molecular flexibility index (Phi) is 6.06. The zero-order chi connectivity index (χ0) is 17.8. The van der Waals surface area contributed by atoms with Gasteiger partial charge in [0.2, 0.25) is 5.91 Å². The molecule has 1 amide bonds. The van der Waals surface area contributed by atoms with Crippen LogP contribution in [-0.2, 0) is 4.79 Å². The van der Waals surface area contributed by atoms with E-state index < -0.39 is 0 Å². The molecule has 2 aromatic rings. The Morgan fingerprint density at radius 2 is 1.88 bits per heavy atom. The maximum Gasteiger partial charge on any atom is 0.243 e. The van der Waals surface area contributed by atoms with Gasteiger partial charge in [-0.2, -0.15) is 0 Å². The van der Waals surface area contributed by atoms with Gasteiger partial charge in [0.15, 0.2) is 5.13 Å². The van der Waals surface area contributed by atoms with Crippen LogP contribution >= 0.6 is 22.9 Å². The van der Waals surface area contributed by atoms with Gasteiger partial charge in [-0.3, -0.25) is 14.6 Å². The van der Waals surface area contributed by atoms with E-state index in [-0.39, 0.29) is 18.0 Å². The monoisotopic (exact) mass is 378 g/mol. The largest absolute Gasteiger partial charge is 0.301 e. The van der Waals surface area contributed by atoms with Crippen LogP contribution in [0.15, 0.2) is 35.8 Å². The van der Waals surface area contributed by atoms with Crippen LogP contribution in [0.4, 0.5) is 5.13 Å². The average molecular weight is 379 g/mol. The molecule has 1 aliphatic rings. The number of hydrogen-bond acceptors (Lipinski definition) is 5. The van der Waals surface area contributed by atoms with E-state index in [1.165, 1.54) is 11.3 Å². The summed E-state index contributed by atoms with van der Waals surface area (Å²) in [4.78, 5) is 21.1. The Labute approximate surface area is 157 Å². The molecule has 0 spiro atoms. The fourth-order valence-electron chi connectivity index (χ4n) is 3.18. The molecule has 1 fully saturated rings. The maximum absolute atomic E-state index is 12.4. The van der Waals surface area contributed by atoms with Gasteiger partial charge < -0.3 is 5.32 Å². The molecule has 5 nitrogen and oxygen atoms in total. The number of benzene rings is 1. The first kappa shape index (κ1) is 18.3. The minimum absolute atomic E-state index is 0.00236. The molecule has 1 N–H and O–H groups in total. The van der Waals surface area contributed by atoms with Crippen LogP contribution in [0.3, 0.4) is 0 Å². The maximum atomic E-state index is 12.4. The van der Waals surface area contributed by atoms with Gasteiger partial charge in [0.05, 0.1) is 6.04 Å². The number of amides is 1. The van der Waals surface area contributed by atoms with E-state index in [4.69, 9.17) is 11.6 Å². The lowest BCUT2D eigenvalue weighted by Crippen LogP contribution is -2.53. The summed E-state index contributed by atoms with van der Waals surface area (Å²) >= 11 is 7.77. The predicted molar refractivity (Wildman–Crippen MR) is 103 cm³/mol. The van der Waals surface area contributed by atoms with Gasteiger partial charge >= 0.3 is 0 Å². The zero-order valence-corrected chi connectivity index (χ0v) is 16.1. The highest BCUT2D eigenvalue weighted by atomic mass is 35.5. The van der Waals surface area contributed by atoms with E-state index in [9.17, 15) is 4.79 Å². The molecule has 0 radical (unpaired) electrons.